The molecule has 1 N–H and O–H groups in total. The van der Waals surface area contributed by atoms with Gasteiger partial charge in [0.05, 0.1) is 0 Å². The van der Waals surface area contributed by atoms with Crippen LogP contribution >= 0.6 is 24.8 Å². The number of likely N-dealkylation sites (N-methyl/N-ethyl adjacent to an activating group) is 1. The third-order valence-corrected chi connectivity index (χ3v) is 2.79. The molecule has 14 heavy (non-hydrogen) atoms. The molecular formula is C10H24Cl2N2. The Morgan fingerprint density at radius 2 is 1.79 bits per heavy atom. The molecule has 0 unspecified atom stereocenters. The van der Waals surface area contributed by atoms with Crippen molar-refractivity contribution in [2.75, 3.05) is 26.2 Å². The molecule has 0 aliphatic carbocycles. The van der Waals surface area contributed by atoms with Crippen LogP contribution in [-0.4, -0.2) is 37.1 Å². The maximum absolute atomic E-state index is 3.58. The fourth-order valence-corrected chi connectivity index (χ4v) is 1.87. The highest BCUT2D eigenvalue weighted by atomic mass is 35.5. The van der Waals surface area contributed by atoms with Gasteiger partial charge in [0.15, 0.2) is 0 Å². The van der Waals surface area contributed by atoms with Crippen LogP contribution in [-0.2, 0) is 0 Å². The zero-order chi connectivity index (χ0) is 8.81. The minimum Gasteiger partial charge on any atom is -0.313 e. The molecule has 0 aromatic carbocycles. The summed E-state index contributed by atoms with van der Waals surface area (Å²) in [5, 5.41) is 3.58. The van der Waals surface area contributed by atoms with Crippen molar-refractivity contribution < 1.29 is 0 Å². The summed E-state index contributed by atoms with van der Waals surface area (Å²) in [6.45, 7) is 9.33. The number of hydrogen-bond donors (Lipinski definition) is 1. The standard InChI is InChI=1S/C10H22N2.2ClH/c1-3-12(4-2)9-10-7-5-6-8-11-10;;/h10-11H,3-9H2,1-2H3;2*1H/t10-;;/m1../s1. The zero-order valence-electron chi connectivity index (χ0n) is 9.29. The molecular weight excluding hydrogens is 219 g/mol. The van der Waals surface area contributed by atoms with Crippen LogP contribution in [0.15, 0.2) is 0 Å². The van der Waals surface area contributed by atoms with Crippen LogP contribution in [0, 0.1) is 0 Å². The second-order valence-electron chi connectivity index (χ2n) is 3.63. The number of hydrogen-bond acceptors (Lipinski definition) is 2. The molecule has 88 valence electrons. The van der Waals surface area contributed by atoms with Gasteiger partial charge in [0.25, 0.3) is 0 Å². The van der Waals surface area contributed by atoms with Crippen LogP contribution in [0.2, 0.25) is 0 Å². The lowest BCUT2D eigenvalue weighted by Crippen LogP contribution is -2.43. The van der Waals surface area contributed by atoms with Crippen LogP contribution in [0.3, 0.4) is 0 Å². The average Bonchev–Trinajstić information content (AvgIpc) is 2.16. The van der Waals surface area contributed by atoms with E-state index in [1.807, 2.05) is 0 Å². The van der Waals surface area contributed by atoms with E-state index >= 15 is 0 Å². The Balaban J connectivity index is 0. The Hall–Kier alpha value is 0.500. The minimum atomic E-state index is 0. The highest BCUT2D eigenvalue weighted by molar-refractivity contribution is 5.85. The topological polar surface area (TPSA) is 15.3 Å². The molecule has 2 nitrogen and oxygen atoms in total. The molecule has 4 heteroatoms. The number of nitrogens with one attached hydrogen (secondary N) is 1. The molecule has 0 amide bonds. The molecule has 1 atom stereocenters. The highest BCUT2D eigenvalue weighted by Crippen LogP contribution is 2.07. The Morgan fingerprint density at radius 1 is 1.14 bits per heavy atom. The predicted octanol–water partition coefficient (Wildman–Crippen LogP) is 2.31. The smallest absolute Gasteiger partial charge is 0.0195 e. The third-order valence-electron chi connectivity index (χ3n) is 2.79. The largest absolute Gasteiger partial charge is 0.313 e. The van der Waals surface area contributed by atoms with Crippen LogP contribution in [0.25, 0.3) is 0 Å². The van der Waals surface area contributed by atoms with E-state index < -0.39 is 0 Å². The molecule has 1 fully saturated rings. The first-order valence-electron chi connectivity index (χ1n) is 5.32. The van der Waals surface area contributed by atoms with E-state index in [2.05, 4.69) is 24.1 Å². The highest BCUT2D eigenvalue weighted by Gasteiger charge is 2.14. The second-order valence-corrected chi connectivity index (χ2v) is 3.63. The summed E-state index contributed by atoms with van der Waals surface area (Å²) in [7, 11) is 0. The average molecular weight is 243 g/mol. The number of piperidine rings is 1. The molecule has 0 spiro atoms. The lowest BCUT2D eigenvalue weighted by atomic mass is 10.0. The summed E-state index contributed by atoms with van der Waals surface area (Å²) in [4.78, 5) is 2.50. The Labute approximate surface area is 101 Å². The fourth-order valence-electron chi connectivity index (χ4n) is 1.87. The van der Waals surface area contributed by atoms with Gasteiger partial charge in [-0.1, -0.05) is 20.3 Å². The first-order chi connectivity index (χ1) is 5.86. The second kappa shape index (κ2) is 10.0. The summed E-state index contributed by atoms with van der Waals surface area (Å²) in [6, 6.07) is 0.763. The number of halogens is 2. The molecule has 0 bridgehead atoms. The first kappa shape index (κ1) is 16.9. The Kier molecular flexibility index (Phi) is 12.1. The van der Waals surface area contributed by atoms with Crippen molar-refractivity contribution >= 4 is 24.8 Å². The number of nitrogens with zero attached hydrogens (tertiary/aromatic N) is 1. The fraction of sp³-hybridized carbons (Fsp3) is 1.00. The van der Waals surface area contributed by atoms with Crippen molar-refractivity contribution in [1.29, 1.82) is 0 Å². The van der Waals surface area contributed by atoms with Gasteiger partial charge in [-0.15, -0.1) is 24.8 Å². The Bertz CT molecular complexity index is 113. The van der Waals surface area contributed by atoms with Crippen molar-refractivity contribution in [2.24, 2.45) is 0 Å². The summed E-state index contributed by atoms with van der Waals surface area (Å²) in [5.74, 6) is 0. The molecule has 1 rings (SSSR count). The summed E-state index contributed by atoms with van der Waals surface area (Å²) >= 11 is 0. The monoisotopic (exact) mass is 242 g/mol. The molecule has 1 saturated heterocycles. The van der Waals surface area contributed by atoms with E-state index in [0.717, 1.165) is 6.04 Å². The van der Waals surface area contributed by atoms with E-state index in [9.17, 15) is 0 Å². The minimum absolute atomic E-state index is 0. The molecule has 0 aromatic heterocycles. The van der Waals surface area contributed by atoms with Gasteiger partial charge in [-0.3, -0.25) is 0 Å². The summed E-state index contributed by atoms with van der Waals surface area (Å²) in [6.07, 6.45) is 4.16. The van der Waals surface area contributed by atoms with Crippen LogP contribution in [0.5, 0.6) is 0 Å². The van der Waals surface area contributed by atoms with Crippen molar-refractivity contribution in [3.63, 3.8) is 0 Å². The van der Waals surface area contributed by atoms with Gasteiger partial charge in [0, 0.05) is 12.6 Å². The van der Waals surface area contributed by atoms with Gasteiger partial charge < -0.3 is 10.2 Å². The van der Waals surface area contributed by atoms with Crippen molar-refractivity contribution in [3.8, 4) is 0 Å². The van der Waals surface area contributed by atoms with Gasteiger partial charge in [-0.05, 0) is 32.5 Å². The normalized spacial score (nSPS) is 21.2. The van der Waals surface area contributed by atoms with E-state index in [1.165, 1.54) is 45.4 Å². The summed E-state index contributed by atoms with van der Waals surface area (Å²) in [5.41, 5.74) is 0. The van der Waals surface area contributed by atoms with Gasteiger partial charge in [-0.2, -0.15) is 0 Å². The lowest BCUT2D eigenvalue weighted by Gasteiger charge is -2.29. The summed E-state index contributed by atoms with van der Waals surface area (Å²) < 4.78 is 0. The SMILES string of the molecule is CCN(CC)C[C@H]1CCCCN1.Cl.Cl. The van der Waals surface area contributed by atoms with E-state index in [-0.39, 0.29) is 24.8 Å². The van der Waals surface area contributed by atoms with Gasteiger partial charge >= 0.3 is 0 Å². The quantitative estimate of drug-likeness (QED) is 0.815. The lowest BCUT2D eigenvalue weighted by molar-refractivity contribution is 0.243. The predicted molar refractivity (Wildman–Crippen MR) is 67.9 cm³/mol. The third kappa shape index (κ3) is 6.07. The van der Waals surface area contributed by atoms with Gasteiger partial charge in [-0.25, -0.2) is 0 Å². The maximum Gasteiger partial charge on any atom is 0.0195 e. The first-order valence-corrected chi connectivity index (χ1v) is 5.32. The van der Waals surface area contributed by atoms with Gasteiger partial charge in [0.1, 0.15) is 0 Å². The van der Waals surface area contributed by atoms with Crippen molar-refractivity contribution in [2.45, 2.75) is 39.2 Å². The molecule has 0 aromatic rings. The van der Waals surface area contributed by atoms with Gasteiger partial charge in [0.2, 0.25) is 0 Å². The zero-order valence-corrected chi connectivity index (χ0v) is 10.9. The maximum atomic E-state index is 3.58. The van der Waals surface area contributed by atoms with Crippen molar-refractivity contribution in [3.05, 3.63) is 0 Å². The van der Waals surface area contributed by atoms with Crippen LogP contribution in [0.1, 0.15) is 33.1 Å². The number of rotatable bonds is 4. The van der Waals surface area contributed by atoms with Crippen LogP contribution < -0.4 is 5.32 Å². The molecule has 0 radical (unpaired) electrons. The van der Waals surface area contributed by atoms with E-state index in [4.69, 9.17) is 0 Å². The van der Waals surface area contributed by atoms with Crippen molar-refractivity contribution in [1.82, 2.24) is 10.2 Å². The molecule has 1 aliphatic heterocycles. The van der Waals surface area contributed by atoms with E-state index in [0.29, 0.717) is 0 Å². The van der Waals surface area contributed by atoms with Crippen LogP contribution in [0.4, 0.5) is 0 Å². The molecule has 1 aliphatic rings. The Morgan fingerprint density at radius 3 is 2.21 bits per heavy atom. The van der Waals surface area contributed by atoms with E-state index in [1.54, 1.807) is 0 Å². The molecule has 0 saturated carbocycles. The molecule has 1 heterocycles.